The van der Waals surface area contributed by atoms with Crippen molar-refractivity contribution in [1.29, 1.82) is 0 Å². The lowest BCUT2D eigenvalue weighted by Gasteiger charge is -2.03. The molecule has 2 aromatic heterocycles. The molecule has 0 saturated carbocycles. The van der Waals surface area contributed by atoms with Gasteiger partial charge >= 0.3 is 0 Å². The number of aromatic hydroxyl groups is 1. The maximum absolute atomic E-state index is 9.83. The summed E-state index contributed by atoms with van der Waals surface area (Å²) in [7, 11) is 3.13. The quantitative estimate of drug-likeness (QED) is 0.371. The van der Waals surface area contributed by atoms with E-state index in [1.165, 1.54) is 13.4 Å². The molecule has 0 aliphatic rings. The number of fused-ring (bicyclic) bond motifs is 3. The molecule has 0 saturated heterocycles. The van der Waals surface area contributed by atoms with Crippen molar-refractivity contribution in [3.8, 4) is 17.2 Å². The second-order valence-electron chi connectivity index (χ2n) is 5.76. The van der Waals surface area contributed by atoms with E-state index in [9.17, 15) is 5.11 Å². The number of aromatic amines is 1. The number of H-pyrrole nitrogens is 1. The average Bonchev–Trinajstić information content (AvgIpc) is 3.08. The molecule has 0 fully saturated rings. The minimum Gasteiger partial charge on any atom is -0.504 e. The smallest absolute Gasteiger partial charge is 0.174 e. The predicted octanol–water partition coefficient (Wildman–Crippen LogP) is 3.28. The summed E-state index contributed by atoms with van der Waals surface area (Å²) in [4.78, 5) is 11.9. The van der Waals surface area contributed by atoms with E-state index in [4.69, 9.17) is 9.47 Å². The van der Waals surface area contributed by atoms with E-state index in [1.807, 2.05) is 18.2 Å². The monoisotopic (exact) mass is 363 g/mol. The van der Waals surface area contributed by atoms with Crippen LogP contribution in [0.15, 0.2) is 47.8 Å². The number of hydrogen-bond donors (Lipinski definition) is 3. The summed E-state index contributed by atoms with van der Waals surface area (Å²) < 4.78 is 10.5. The fourth-order valence-corrected chi connectivity index (χ4v) is 2.92. The van der Waals surface area contributed by atoms with Crippen molar-refractivity contribution in [2.24, 2.45) is 5.10 Å². The molecule has 0 radical (unpaired) electrons. The van der Waals surface area contributed by atoms with Crippen LogP contribution in [0.4, 0.5) is 5.82 Å². The van der Waals surface area contributed by atoms with E-state index >= 15 is 0 Å². The van der Waals surface area contributed by atoms with Gasteiger partial charge in [-0.15, -0.1) is 0 Å². The van der Waals surface area contributed by atoms with Crippen LogP contribution in [0, 0.1) is 0 Å². The van der Waals surface area contributed by atoms with Crippen molar-refractivity contribution in [3.63, 3.8) is 0 Å². The fraction of sp³-hybridized carbons (Fsp3) is 0.105. The van der Waals surface area contributed by atoms with Gasteiger partial charge in [0.2, 0.25) is 0 Å². The van der Waals surface area contributed by atoms with Crippen molar-refractivity contribution < 1.29 is 14.6 Å². The molecule has 0 aliphatic carbocycles. The highest BCUT2D eigenvalue weighted by atomic mass is 16.5. The number of aromatic nitrogens is 3. The van der Waals surface area contributed by atoms with Crippen LogP contribution in [0.25, 0.3) is 21.9 Å². The molecule has 0 amide bonds. The standard InChI is InChI=1S/C19H17N5O3/c1-26-14-7-6-11(8-13(14)25)9-22-24-19-18-17(20-10-21-19)16-12(23-18)4-3-5-15(16)27-2/h3-10,23,25H,1-2H3,(H,20,21,24). The Kier molecular flexibility index (Phi) is 4.21. The molecule has 27 heavy (non-hydrogen) atoms. The summed E-state index contributed by atoms with van der Waals surface area (Å²) >= 11 is 0. The van der Waals surface area contributed by atoms with Crippen LogP contribution in [-0.4, -0.2) is 40.5 Å². The third-order valence-corrected chi connectivity index (χ3v) is 4.18. The van der Waals surface area contributed by atoms with E-state index in [-0.39, 0.29) is 5.75 Å². The number of phenolic OH excluding ortho intramolecular Hbond substituents is 1. The van der Waals surface area contributed by atoms with Crippen LogP contribution in [0.5, 0.6) is 17.2 Å². The average molecular weight is 363 g/mol. The lowest BCUT2D eigenvalue weighted by molar-refractivity contribution is 0.373. The van der Waals surface area contributed by atoms with Gasteiger partial charge in [-0.05, 0) is 35.9 Å². The van der Waals surface area contributed by atoms with Gasteiger partial charge in [0.1, 0.15) is 23.1 Å². The molecule has 0 aliphatic heterocycles. The van der Waals surface area contributed by atoms with Crippen molar-refractivity contribution in [2.75, 3.05) is 19.6 Å². The zero-order valence-corrected chi connectivity index (χ0v) is 14.7. The first-order chi connectivity index (χ1) is 13.2. The first kappa shape index (κ1) is 16.6. The number of nitrogens with zero attached hydrogens (tertiary/aromatic N) is 3. The number of nitrogens with one attached hydrogen (secondary N) is 2. The van der Waals surface area contributed by atoms with Crippen LogP contribution in [-0.2, 0) is 0 Å². The minimum absolute atomic E-state index is 0.0496. The van der Waals surface area contributed by atoms with Crippen molar-refractivity contribution in [3.05, 3.63) is 48.3 Å². The van der Waals surface area contributed by atoms with Gasteiger partial charge in [-0.25, -0.2) is 9.97 Å². The van der Waals surface area contributed by atoms with Gasteiger partial charge < -0.3 is 19.6 Å². The molecule has 136 valence electrons. The Morgan fingerprint density at radius 3 is 2.74 bits per heavy atom. The maximum atomic E-state index is 9.83. The van der Waals surface area contributed by atoms with Crippen LogP contribution in [0.1, 0.15) is 5.56 Å². The molecule has 4 aromatic rings. The number of methoxy groups -OCH3 is 2. The largest absolute Gasteiger partial charge is 0.504 e. The second kappa shape index (κ2) is 6.83. The zero-order valence-electron chi connectivity index (χ0n) is 14.7. The van der Waals surface area contributed by atoms with E-state index in [0.717, 1.165) is 27.7 Å². The van der Waals surface area contributed by atoms with E-state index in [0.29, 0.717) is 17.1 Å². The molecule has 8 nitrogen and oxygen atoms in total. The van der Waals surface area contributed by atoms with Gasteiger partial charge in [0.05, 0.1) is 31.3 Å². The third-order valence-electron chi connectivity index (χ3n) is 4.18. The Bertz CT molecular complexity index is 1150. The first-order valence-corrected chi connectivity index (χ1v) is 8.16. The van der Waals surface area contributed by atoms with Crippen LogP contribution < -0.4 is 14.9 Å². The third kappa shape index (κ3) is 2.97. The summed E-state index contributed by atoms with van der Waals surface area (Å²) in [6.45, 7) is 0. The molecule has 2 heterocycles. The number of benzene rings is 2. The first-order valence-electron chi connectivity index (χ1n) is 8.16. The van der Waals surface area contributed by atoms with Gasteiger partial charge in [0.25, 0.3) is 0 Å². The Labute approximate surface area is 154 Å². The molecule has 0 bridgehead atoms. The lowest BCUT2D eigenvalue weighted by Crippen LogP contribution is -1.95. The molecular formula is C19H17N5O3. The number of ether oxygens (including phenoxy) is 2. The maximum Gasteiger partial charge on any atom is 0.174 e. The second-order valence-corrected chi connectivity index (χ2v) is 5.76. The van der Waals surface area contributed by atoms with E-state index in [1.54, 1.807) is 31.5 Å². The fourth-order valence-electron chi connectivity index (χ4n) is 2.92. The minimum atomic E-state index is 0.0496. The van der Waals surface area contributed by atoms with Crippen LogP contribution >= 0.6 is 0 Å². The number of hydrazone groups is 1. The molecule has 0 unspecified atom stereocenters. The lowest BCUT2D eigenvalue weighted by atomic mass is 10.2. The van der Waals surface area contributed by atoms with E-state index < -0.39 is 0 Å². The number of rotatable bonds is 5. The van der Waals surface area contributed by atoms with E-state index in [2.05, 4.69) is 25.5 Å². The van der Waals surface area contributed by atoms with Gasteiger partial charge in [0, 0.05) is 0 Å². The van der Waals surface area contributed by atoms with Crippen molar-refractivity contribution in [1.82, 2.24) is 15.0 Å². The highest BCUT2D eigenvalue weighted by molar-refractivity contribution is 6.11. The number of anilines is 1. The topological polar surface area (TPSA) is 105 Å². The van der Waals surface area contributed by atoms with Gasteiger partial charge in [-0.3, -0.25) is 5.43 Å². The molecule has 3 N–H and O–H groups in total. The zero-order chi connectivity index (χ0) is 18.8. The Morgan fingerprint density at radius 2 is 1.96 bits per heavy atom. The molecule has 2 aromatic carbocycles. The van der Waals surface area contributed by atoms with Gasteiger partial charge in [-0.1, -0.05) is 6.07 Å². The van der Waals surface area contributed by atoms with Crippen LogP contribution in [0.2, 0.25) is 0 Å². The molecule has 0 spiro atoms. The molecule has 4 rings (SSSR count). The molecule has 8 heteroatoms. The Hall–Kier alpha value is -3.81. The highest BCUT2D eigenvalue weighted by Gasteiger charge is 2.13. The number of hydrogen-bond acceptors (Lipinski definition) is 7. The number of phenols is 1. The molecular weight excluding hydrogens is 346 g/mol. The SMILES string of the molecule is COc1ccc(C=NNc2ncnc3c2[nH]c2cccc(OC)c23)cc1O. The predicted molar refractivity (Wildman–Crippen MR) is 104 cm³/mol. The summed E-state index contributed by atoms with van der Waals surface area (Å²) in [5.74, 6) is 1.73. The Balaban J connectivity index is 1.67. The molecule has 0 atom stereocenters. The summed E-state index contributed by atoms with van der Waals surface area (Å²) in [5, 5.41) is 14.9. The highest BCUT2D eigenvalue weighted by Crippen LogP contribution is 2.33. The van der Waals surface area contributed by atoms with Crippen LogP contribution in [0.3, 0.4) is 0 Å². The van der Waals surface area contributed by atoms with Gasteiger partial charge in [-0.2, -0.15) is 5.10 Å². The Morgan fingerprint density at radius 1 is 1.11 bits per heavy atom. The summed E-state index contributed by atoms with van der Waals surface area (Å²) in [5.41, 5.74) is 6.00. The van der Waals surface area contributed by atoms with Crippen molar-refractivity contribution >= 4 is 34.0 Å². The van der Waals surface area contributed by atoms with Crippen molar-refractivity contribution in [2.45, 2.75) is 0 Å². The van der Waals surface area contributed by atoms with Gasteiger partial charge in [0.15, 0.2) is 17.3 Å². The normalized spacial score (nSPS) is 11.3. The summed E-state index contributed by atoms with van der Waals surface area (Å²) in [6, 6.07) is 10.8. The summed E-state index contributed by atoms with van der Waals surface area (Å²) in [6.07, 6.45) is 3.05.